The first-order valence-corrected chi connectivity index (χ1v) is 0.707. The van der Waals surface area contributed by atoms with Crippen LogP contribution in [-0.4, -0.2) is 0 Å². The van der Waals surface area contributed by atoms with Gasteiger partial charge >= 0.3 is 0 Å². The summed E-state index contributed by atoms with van der Waals surface area (Å²) in [5.74, 6) is 0. The number of hydrogen-bond acceptors (Lipinski definition) is 1. The molecule has 1 radical (unpaired) electrons. The van der Waals surface area contributed by atoms with Gasteiger partial charge in [0.15, 0.2) is 0 Å². The van der Waals surface area contributed by atoms with E-state index in [9.17, 15) is 0 Å². The zero-order chi connectivity index (χ0) is 2.00. The van der Waals surface area contributed by atoms with Gasteiger partial charge in [-0.05, 0) is 0 Å². The van der Waals surface area contributed by atoms with Crippen molar-refractivity contribution >= 4 is 12.4 Å². The summed E-state index contributed by atoms with van der Waals surface area (Å²) in [6.07, 6.45) is 0. The van der Waals surface area contributed by atoms with Gasteiger partial charge in [-0.3, -0.25) is 0 Å². The lowest BCUT2D eigenvalue weighted by Gasteiger charge is -1.06. The Kier molecular flexibility index (Phi) is 1890. The highest BCUT2D eigenvalue weighted by molar-refractivity contribution is 5.85. The van der Waals surface area contributed by atoms with Gasteiger partial charge in [0.05, 0.1) is 0 Å². The fourth-order valence-corrected chi connectivity index (χ4v) is 0. The lowest BCUT2D eigenvalue weighted by atomic mass is 11.0. The van der Waals surface area contributed by atoms with Crippen LogP contribution in [0.5, 0.6) is 0 Å². The molecule has 0 unspecified atom stereocenters. The Morgan fingerprint density at radius 3 is 1.25 bits per heavy atom. The molecule has 0 amide bonds. The second-order valence-electron chi connectivity index (χ2n) is 0. The highest BCUT2D eigenvalue weighted by atomic mass is 35.5. The highest BCUT2D eigenvalue weighted by Gasteiger charge is 0.939. The van der Waals surface area contributed by atoms with Crippen LogP contribution in [0.2, 0.25) is 0 Å². The predicted octanol–water partition coefficient (Wildman–Crippen LogP) is 1.42. The van der Waals surface area contributed by atoms with E-state index in [-0.39, 0.29) is 18.6 Å². The van der Waals surface area contributed by atoms with Gasteiger partial charge in [-0.15, -0.1) is 12.4 Å². The molecule has 0 aromatic rings. The van der Waals surface area contributed by atoms with E-state index in [1.165, 1.54) is 0 Å². The summed E-state index contributed by atoms with van der Waals surface area (Å²) in [5, 5.41) is 0. The Morgan fingerprint density at radius 1 is 1.25 bits per heavy atom. The zero-order valence-electron chi connectivity index (χ0n) is 2.82. The van der Waals surface area contributed by atoms with E-state index in [1.54, 1.807) is 6.92 Å². The van der Waals surface area contributed by atoms with Crippen LogP contribution in [0, 0.1) is 6.92 Å². The normalized spacial score (nSPS) is 1.50. The quantitative estimate of drug-likeness (QED) is 0.471. The van der Waals surface area contributed by atoms with Gasteiger partial charge in [-0.25, -0.2) is 0 Å². The van der Waals surface area contributed by atoms with Crippen LogP contribution < -0.4 is 6.15 Å². The minimum atomic E-state index is 0. The van der Waals surface area contributed by atoms with Crippen LogP contribution in [0.3, 0.4) is 0 Å². The maximum absolute atomic E-state index is 3.25. The zero-order valence-corrected chi connectivity index (χ0v) is 3.64. The van der Waals surface area contributed by atoms with E-state index in [0.717, 1.165) is 0 Å². The predicted molar refractivity (Wildman–Crippen MR) is 23.3 cm³/mol. The van der Waals surface area contributed by atoms with Crippen LogP contribution in [0.1, 0.15) is 6.92 Å². The smallest absolute Gasteiger partial charge is 0.0564 e. The molecule has 0 atom stereocenters. The molecule has 0 aliphatic carbocycles. The molecule has 3 N–H and O–H groups in total. The van der Waals surface area contributed by atoms with Gasteiger partial charge in [0.1, 0.15) is 0 Å². The average molecular weight is 82.6 g/mol. The molecule has 0 spiro atoms. The first kappa shape index (κ1) is 28.7. The monoisotopic (exact) mass is 82.0 g/mol. The maximum atomic E-state index is 3.25. The molecule has 0 saturated heterocycles. The summed E-state index contributed by atoms with van der Waals surface area (Å²) in [5.41, 5.74) is 0. The summed E-state index contributed by atoms with van der Waals surface area (Å²) in [6, 6.07) is 0. The fourth-order valence-electron chi connectivity index (χ4n) is 0. The minimum absolute atomic E-state index is 0. The van der Waals surface area contributed by atoms with Crippen molar-refractivity contribution in [3.63, 3.8) is 0 Å². The molecule has 0 saturated carbocycles. The number of halogens is 1. The fraction of sp³-hybridized carbons (Fsp3) is 0.500. The van der Waals surface area contributed by atoms with Crippen molar-refractivity contribution in [2.24, 2.45) is 0 Å². The van der Waals surface area contributed by atoms with E-state index >= 15 is 0 Å². The molecule has 0 aliphatic heterocycles. The SMILES string of the molecule is Cl.N.[CH2]C. The Hall–Kier alpha value is 0.250. The van der Waals surface area contributed by atoms with Gasteiger partial charge in [0.2, 0.25) is 0 Å². The van der Waals surface area contributed by atoms with Crippen molar-refractivity contribution in [1.82, 2.24) is 6.15 Å². The third kappa shape index (κ3) is 56.3. The van der Waals surface area contributed by atoms with Gasteiger partial charge in [-0.2, -0.15) is 0 Å². The van der Waals surface area contributed by atoms with E-state index in [0.29, 0.717) is 0 Å². The molecule has 0 aromatic carbocycles. The summed E-state index contributed by atoms with van der Waals surface area (Å²) in [6.45, 7) is 5.00. The first-order valence-electron chi connectivity index (χ1n) is 0.707. The maximum Gasteiger partial charge on any atom is -0.0564 e. The lowest BCUT2D eigenvalue weighted by Crippen LogP contribution is -0.888. The summed E-state index contributed by atoms with van der Waals surface area (Å²) < 4.78 is 0. The van der Waals surface area contributed by atoms with Gasteiger partial charge < -0.3 is 6.15 Å². The topological polar surface area (TPSA) is 35.0 Å². The average Bonchev–Trinajstić information content (AvgIpc) is 1.00. The third-order valence-corrected chi connectivity index (χ3v) is 0. The summed E-state index contributed by atoms with van der Waals surface area (Å²) in [7, 11) is 0. The molecular formula is C2H9ClN. The van der Waals surface area contributed by atoms with Crippen LogP contribution >= 0.6 is 12.4 Å². The van der Waals surface area contributed by atoms with Gasteiger partial charge in [-0.1, -0.05) is 13.8 Å². The third-order valence-electron chi connectivity index (χ3n) is 0. The van der Waals surface area contributed by atoms with E-state index in [4.69, 9.17) is 0 Å². The molecule has 2 heteroatoms. The van der Waals surface area contributed by atoms with Crippen molar-refractivity contribution in [2.45, 2.75) is 6.92 Å². The molecule has 29 valence electrons. The van der Waals surface area contributed by atoms with Crippen molar-refractivity contribution in [1.29, 1.82) is 0 Å². The first-order chi connectivity index (χ1) is 1.00. The van der Waals surface area contributed by atoms with Gasteiger partial charge in [0.25, 0.3) is 0 Å². The Bertz CT molecular complexity index is 6.00. The van der Waals surface area contributed by atoms with Crippen LogP contribution in [0.4, 0.5) is 0 Å². The summed E-state index contributed by atoms with van der Waals surface area (Å²) >= 11 is 0. The molecule has 0 heterocycles. The standard InChI is InChI=1S/C2H5.ClH.H3N/c1-2;;/h1H2,2H3;1H;1H3. The van der Waals surface area contributed by atoms with Crippen molar-refractivity contribution < 1.29 is 0 Å². The number of rotatable bonds is 0. The molecule has 0 fully saturated rings. The Labute approximate surface area is 33.4 Å². The Balaban J connectivity index is -0.00000000500. The van der Waals surface area contributed by atoms with Crippen molar-refractivity contribution in [3.8, 4) is 0 Å². The molecule has 1 nitrogen and oxygen atoms in total. The Morgan fingerprint density at radius 2 is 1.25 bits per heavy atom. The van der Waals surface area contributed by atoms with Gasteiger partial charge in [0, 0.05) is 0 Å². The molecule has 0 aromatic heterocycles. The molecule has 0 bridgehead atoms. The lowest BCUT2D eigenvalue weighted by molar-refractivity contribution is 1.81. The molecule has 4 heavy (non-hydrogen) atoms. The molecular weight excluding hydrogens is 73.5 g/mol. The van der Waals surface area contributed by atoms with E-state index < -0.39 is 0 Å². The van der Waals surface area contributed by atoms with E-state index in [1.807, 2.05) is 0 Å². The molecule has 0 rings (SSSR count). The van der Waals surface area contributed by atoms with Crippen LogP contribution in [0.25, 0.3) is 0 Å². The van der Waals surface area contributed by atoms with Crippen LogP contribution in [-0.2, 0) is 0 Å². The largest absolute Gasteiger partial charge is 0.344 e. The molecule has 0 aliphatic rings. The highest BCUT2D eigenvalue weighted by Crippen LogP contribution is 1.11. The second kappa shape index (κ2) is 263. The van der Waals surface area contributed by atoms with Crippen molar-refractivity contribution in [2.75, 3.05) is 0 Å². The van der Waals surface area contributed by atoms with Crippen molar-refractivity contribution in [3.05, 3.63) is 6.92 Å². The number of hydrogen-bond donors (Lipinski definition) is 1. The van der Waals surface area contributed by atoms with E-state index in [2.05, 4.69) is 6.92 Å². The van der Waals surface area contributed by atoms with Crippen LogP contribution in [0.15, 0.2) is 0 Å². The summed E-state index contributed by atoms with van der Waals surface area (Å²) in [4.78, 5) is 0. The minimum Gasteiger partial charge on any atom is -0.344 e. The second-order valence-corrected chi connectivity index (χ2v) is 0.